The zero-order chi connectivity index (χ0) is 24.7. The van der Waals surface area contributed by atoms with E-state index in [0.29, 0.717) is 25.0 Å². The summed E-state index contributed by atoms with van der Waals surface area (Å²) in [5.41, 5.74) is 0.171. The fourth-order valence-electron chi connectivity index (χ4n) is 4.04. The summed E-state index contributed by atoms with van der Waals surface area (Å²) in [5, 5.41) is 0. The lowest BCUT2D eigenvalue weighted by Crippen LogP contribution is -2.45. The molecule has 0 radical (unpaired) electrons. The van der Waals surface area contributed by atoms with Crippen LogP contribution in [0.1, 0.15) is 121 Å². The van der Waals surface area contributed by atoms with Gasteiger partial charge < -0.3 is 4.74 Å². The highest BCUT2D eigenvalue weighted by Gasteiger charge is 2.48. The van der Waals surface area contributed by atoms with Crippen molar-refractivity contribution in [2.45, 2.75) is 115 Å². The molecule has 1 rings (SSSR count). The minimum atomic E-state index is -4.58. The molecule has 1 N–H and O–H groups in total. The molecule has 0 aliphatic heterocycles. The average Bonchev–Trinajstić information content (AvgIpc) is 2.78. The molecule has 0 aliphatic rings. The van der Waals surface area contributed by atoms with Gasteiger partial charge in [-0.3, -0.25) is 14.1 Å². The van der Waals surface area contributed by atoms with Gasteiger partial charge in [0.1, 0.15) is 5.75 Å². The number of carbonyl (C=O) groups is 2. The number of rotatable bonds is 18. The molecule has 0 saturated heterocycles. The van der Waals surface area contributed by atoms with E-state index < -0.39 is 20.6 Å². The van der Waals surface area contributed by atoms with Gasteiger partial charge in [-0.2, -0.15) is 8.42 Å². The minimum Gasteiger partial charge on any atom is -0.427 e. The predicted octanol–water partition coefficient (Wildman–Crippen LogP) is 6.92. The van der Waals surface area contributed by atoms with Gasteiger partial charge in [0.25, 0.3) is 10.1 Å². The van der Waals surface area contributed by atoms with E-state index in [1.165, 1.54) is 62.8 Å². The van der Waals surface area contributed by atoms with Crippen LogP contribution in [0.15, 0.2) is 24.3 Å². The third-order valence-electron chi connectivity index (χ3n) is 6.25. The van der Waals surface area contributed by atoms with E-state index >= 15 is 0 Å². The van der Waals surface area contributed by atoms with Crippen molar-refractivity contribution in [2.75, 3.05) is 0 Å². The molecule has 6 nitrogen and oxygen atoms in total. The molecule has 0 spiro atoms. The second kappa shape index (κ2) is 15.2. The summed E-state index contributed by atoms with van der Waals surface area (Å²) in [6.07, 6.45) is 12.1. The summed E-state index contributed by atoms with van der Waals surface area (Å²) in [4.78, 5) is 25.1. The predicted molar refractivity (Wildman–Crippen MR) is 132 cm³/mol. The molecule has 0 amide bonds. The molecule has 0 bridgehead atoms. The lowest BCUT2D eigenvalue weighted by Gasteiger charge is -2.28. The Balaban J connectivity index is 2.56. The van der Waals surface area contributed by atoms with Crippen molar-refractivity contribution < 1.29 is 27.3 Å². The number of ketones is 1. The van der Waals surface area contributed by atoms with Gasteiger partial charge in [-0.15, -0.1) is 0 Å². The number of unbranched alkanes of at least 4 members (excludes halogenated alkanes) is 9. The van der Waals surface area contributed by atoms with Crippen molar-refractivity contribution in [3.8, 4) is 5.75 Å². The van der Waals surface area contributed by atoms with Crippen molar-refractivity contribution in [1.29, 1.82) is 0 Å². The van der Waals surface area contributed by atoms with Gasteiger partial charge in [-0.05, 0) is 43.5 Å². The molecule has 0 fully saturated rings. The van der Waals surface area contributed by atoms with Crippen LogP contribution in [-0.4, -0.2) is 29.5 Å². The number of benzene rings is 1. The molecule has 0 aliphatic carbocycles. The van der Waals surface area contributed by atoms with E-state index in [4.69, 9.17) is 4.74 Å². The number of hydrogen-bond acceptors (Lipinski definition) is 5. The Hall–Kier alpha value is -1.73. The number of esters is 1. The summed E-state index contributed by atoms with van der Waals surface area (Å²) >= 11 is 0. The third-order valence-corrected chi connectivity index (χ3v) is 7.91. The van der Waals surface area contributed by atoms with Crippen LogP contribution in [0.4, 0.5) is 0 Å². The molecular formula is C26H42O6S. The van der Waals surface area contributed by atoms with Crippen LogP contribution in [-0.2, 0) is 14.9 Å². The lowest BCUT2D eigenvalue weighted by atomic mass is 9.89. The number of carbonyl (C=O) groups excluding carboxylic acids is 2. The largest absolute Gasteiger partial charge is 0.427 e. The Morgan fingerprint density at radius 2 is 1.33 bits per heavy atom. The van der Waals surface area contributed by atoms with Crippen LogP contribution in [0, 0.1) is 0 Å². The lowest BCUT2D eigenvalue weighted by molar-refractivity contribution is -0.134. The molecule has 1 unspecified atom stereocenters. The van der Waals surface area contributed by atoms with E-state index in [-0.39, 0.29) is 24.4 Å². The second-order valence-electron chi connectivity index (χ2n) is 8.83. The standard InChI is InChI=1S/C26H42O6S/c1-4-7-9-10-11-12-13-14-15-16-24(27)32-23-19-17-22(18-20-23)25(28)26(6-3,21-8-5-2)33(29,30)31/h17-20H,4-16,21H2,1-3H3,(H,29,30,31). The van der Waals surface area contributed by atoms with Crippen molar-refractivity contribution in [3.05, 3.63) is 29.8 Å². The maximum atomic E-state index is 13.0. The molecule has 7 heteroatoms. The summed E-state index contributed by atoms with van der Waals surface area (Å²) in [6, 6.07) is 5.88. The molecule has 0 heterocycles. The molecule has 0 saturated carbocycles. The number of hydrogen-bond donors (Lipinski definition) is 1. The third kappa shape index (κ3) is 9.57. The number of ether oxygens (including phenoxy) is 1. The maximum Gasteiger partial charge on any atom is 0.311 e. The van der Waals surface area contributed by atoms with Gasteiger partial charge >= 0.3 is 5.97 Å². The quantitative estimate of drug-likeness (QED) is 0.0801. The van der Waals surface area contributed by atoms with Gasteiger partial charge in [0.2, 0.25) is 0 Å². The minimum absolute atomic E-state index is 0.0137. The summed E-state index contributed by atoms with van der Waals surface area (Å²) in [7, 11) is -4.58. The van der Waals surface area contributed by atoms with Crippen LogP contribution < -0.4 is 4.74 Å². The summed E-state index contributed by atoms with van der Waals surface area (Å²) in [5.74, 6) is -0.635. The highest BCUT2D eigenvalue weighted by Crippen LogP contribution is 2.32. The van der Waals surface area contributed by atoms with Gasteiger partial charge in [-0.1, -0.05) is 85.0 Å². The molecule has 1 aromatic carbocycles. The van der Waals surface area contributed by atoms with Gasteiger partial charge in [-0.25, -0.2) is 0 Å². The fraction of sp³-hybridized carbons (Fsp3) is 0.692. The first-order valence-electron chi connectivity index (χ1n) is 12.5. The van der Waals surface area contributed by atoms with E-state index in [9.17, 15) is 22.6 Å². The topological polar surface area (TPSA) is 97.7 Å². The highest BCUT2D eigenvalue weighted by molar-refractivity contribution is 7.88. The van der Waals surface area contributed by atoms with Gasteiger partial charge in [0.15, 0.2) is 10.5 Å². The maximum absolute atomic E-state index is 13.0. The van der Waals surface area contributed by atoms with E-state index in [1.807, 2.05) is 6.92 Å². The molecule has 1 atom stereocenters. The van der Waals surface area contributed by atoms with Crippen LogP contribution in [0.25, 0.3) is 0 Å². The van der Waals surface area contributed by atoms with Crippen LogP contribution >= 0.6 is 0 Å². The SMILES string of the molecule is CCCCCCCCCCCC(=O)Oc1ccc(C(=O)C(CC)(CCCC)S(=O)(=O)O)cc1. The van der Waals surface area contributed by atoms with Gasteiger partial charge in [0.05, 0.1) is 0 Å². The normalized spacial score (nSPS) is 13.5. The number of Topliss-reactive ketones (excluding diaryl/α,β-unsaturated/α-hetero) is 1. The Morgan fingerprint density at radius 3 is 1.82 bits per heavy atom. The molecule has 188 valence electrons. The van der Waals surface area contributed by atoms with Gasteiger partial charge in [0, 0.05) is 12.0 Å². The van der Waals surface area contributed by atoms with Crippen molar-refractivity contribution in [2.24, 2.45) is 0 Å². The second-order valence-corrected chi connectivity index (χ2v) is 10.6. The monoisotopic (exact) mass is 482 g/mol. The fourth-order valence-corrected chi connectivity index (χ4v) is 5.16. The molecular weight excluding hydrogens is 440 g/mol. The van der Waals surface area contributed by atoms with E-state index in [2.05, 4.69) is 6.92 Å². The Bertz CT molecular complexity index is 816. The molecule has 0 aromatic heterocycles. The molecule has 1 aromatic rings. The average molecular weight is 483 g/mol. The first-order valence-corrected chi connectivity index (χ1v) is 14.0. The van der Waals surface area contributed by atoms with Crippen LogP contribution in [0.2, 0.25) is 0 Å². The Morgan fingerprint density at radius 1 is 0.818 bits per heavy atom. The van der Waals surface area contributed by atoms with E-state index in [0.717, 1.165) is 19.3 Å². The van der Waals surface area contributed by atoms with Crippen LogP contribution in [0.3, 0.4) is 0 Å². The Labute approximate surface area is 200 Å². The van der Waals surface area contributed by atoms with Crippen LogP contribution in [0.5, 0.6) is 5.75 Å². The smallest absolute Gasteiger partial charge is 0.311 e. The zero-order valence-corrected chi connectivity index (χ0v) is 21.4. The van der Waals surface area contributed by atoms with Crippen molar-refractivity contribution >= 4 is 21.9 Å². The summed E-state index contributed by atoms with van der Waals surface area (Å²) < 4.78 is 37.5. The van der Waals surface area contributed by atoms with E-state index in [1.54, 1.807) is 6.92 Å². The zero-order valence-electron chi connectivity index (χ0n) is 20.6. The first-order chi connectivity index (χ1) is 15.7. The first kappa shape index (κ1) is 29.3. The Kier molecular flexibility index (Phi) is 13.5. The van der Waals surface area contributed by atoms with Crippen molar-refractivity contribution in [1.82, 2.24) is 0 Å². The molecule has 33 heavy (non-hydrogen) atoms. The summed E-state index contributed by atoms with van der Waals surface area (Å²) in [6.45, 7) is 5.69. The highest BCUT2D eigenvalue weighted by atomic mass is 32.2. The van der Waals surface area contributed by atoms with Crippen molar-refractivity contribution in [3.63, 3.8) is 0 Å².